The SMILES string of the molecule is C[C@@H]1NCCN(c2cccc3[nH]c(=O)n(C)c23)[C@H]1C1CCC(n2cc(-n3cc(-c4cnn5ccc(N6CCC(C)(O)CC6)nc45)nn3)c(C(F)F)n2)CC1. The number of fused-ring (bicyclic) bond motifs is 2. The number of H-pyrrole nitrogens is 1. The van der Waals surface area contributed by atoms with Gasteiger partial charge in [0.05, 0.1) is 52.5 Å². The van der Waals surface area contributed by atoms with Crippen molar-refractivity contribution in [2.45, 2.75) is 82.5 Å². The molecule has 0 unspecified atom stereocenters. The molecule has 1 aliphatic carbocycles. The maximum absolute atomic E-state index is 14.5. The Kier molecular flexibility index (Phi) is 8.52. The molecular weight excluding hydrogens is 696 g/mol. The molecule has 7 heterocycles. The number of piperazine rings is 1. The summed E-state index contributed by atoms with van der Waals surface area (Å²) in [7, 11) is 1.80. The fourth-order valence-corrected chi connectivity index (χ4v) is 8.97. The van der Waals surface area contributed by atoms with Crippen LogP contribution in [0.5, 0.6) is 0 Å². The number of aryl methyl sites for hydroxylation is 1. The number of nitrogens with zero attached hydrogens (tertiary/aromatic N) is 11. The van der Waals surface area contributed by atoms with E-state index in [-0.39, 0.29) is 35.2 Å². The molecule has 0 bridgehead atoms. The smallest absolute Gasteiger partial charge is 0.326 e. The summed E-state index contributed by atoms with van der Waals surface area (Å²) in [5, 5.41) is 31.6. The normalized spacial score (nSPS) is 23.6. The molecule has 0 amide bonds. The summed E-state index contributed by atoms with van der Waals surface area (Å²) in [5.41, 5.74) is 3.50. The van der Waals surface area contributed by atoms with Crippen molar-refractivity contribution in [1.29, 1.82) is 0 Å². The van der Waals surface area contributed by atoms with Crippen LogP contribution in [0.1, 0.15) is 70.5 Å². The number of halogens is 2. The van der Waals surface area contributed by atoms with Crippen molar-refractivity contribution < 1.29 is 13.9 Å². The van der Waals surface area contributed by atoms with E-state index in [4.69, 9.17) is 4.98 Å². The molecule has 2 saturated heterocycles. The molecule has 3 aliphatic rings. The number of rotatable bonds is 7. The highest BCUT2D eigenvalue weighted by Gasteiger charge is 2.39. The van der Waals surface area contributed by atoms with Gasteiger partial charge in [-0.25, -0.2) is 27.8 Å². The Morgan fingerprint density at radius 3 is 2.61 bits per heavy atom. The van der Waals surface area contributed by atoms with Gasteiger partial charge in [-0.15, -0.1) is 5.10 Å². The first-order chi connectivity index (χ1) is 26.0. The summed E-state index contributed by atoms with van der Waals surface area (Å²) < 4.78 is 35.5. The number of para-hydroxylation sites is 1. The molecule has 0 radical (unpaired) electrons. The first-order valence-corrected chi connectivity index (χ1v) is 18.8. The second-order valence-corrected chi connectivity index (χ2v) is 15.5. The average Bonchev–Trinajstić information content (AvgIpc) is 3.97. The second-order valence-electron chi connectivity index (χ2n) is 15.5. The molecule has 2 aliphatic heterocycles. The van der Waals surface area contributed by atoms with Gasteiger partial charge >= 0.3 is 5.69 Å². The number of piperidine rings is 1. The van der Waals surface area contributed by atoms with E-state index in [9.17, 15) is 18.7 Å². The van der Waals surface area contributed by atoms with Crippen molar-refractivity contribution >= 4 is 28.2 Å². The van der Waals surface area contributed by atoms with Crippen LogP contribution in [0.15, 0.2) is 53.8 Å². The highest BCUT2D eigenvalue weighted by atomic mass is 19.3. The Morgan fingerprint density at radius 1 is 1.04 bits per heavy atom. The lowest BCUT2D eigenvalue weighted by atomic mass is 9.78. The first kappa shape index (κ1) is 34.6. The Balaban J connectivity index is 0.942. The van der Waals surface area contributed by atoms with Crippen molar-refractivity contribution in [2.75, 3.05) is 36.0 Å². The van der Waals surface area contributed by atoms with Crippen LogP contribution in [0.3, 0.4) is 0 Å². The van der Waals surface area contributed by atoms with E-state index in [0.29, 0.717) is 48.8 Å². The summed E-state index contributed by atoms with van der Waals surface area (Å²) in [6.07, 6.45) is 8.69. The highest BCUT2D eigenvalue weighted by Crippen LogP contribution is 2.40. The number of nitrogens with one attached hydrogen (secondary N) is 2. The number of imidazole rings is 1. The van der Waals surface area contributed by atoms with Gasteiger partial charge in [0.2, 0.25) is 0 Å². The van der Waals surface area contributed by atoms with Crippen LogP contribution in [-0.2, 0) is 7.05 Å². The zero-order valence-corrected chi connectivity index (χ0v) is 30.6. The largest absolute Gasteiger partial charge is 0.390 e. The van der Waals surface area contributed by atoms with E-state index in [0.717, 1.165) is 61.3 Å². The molecule has 0 spiro atoms. The number of hydrogen-bond donors (Lipinski definition) is 3. The quantitative estimate of drug-likeness (QED) is 0.217. The minimum Gasteiger partial charge on any atom is -0.390 e. The van der Waals surface area contributed by atoms with Gasteiger partial charge in [0, 0.05) is 51.5 Å². The van der Waals surface area contributed by atoms with Gasteiger partial charge in [-0.05, 0) is 76.5 Å². The lowest BCUT2D eigenvalue weighted by Gasteiger charge is -2.48. The van der Waals surface area contributed by atoms with Crippen molar-refractivity contribution in [3.8, 4) is 16.9 Å². The maximum atomic E-state index is 14.5. The fourth-order valence-electron chi connectivity index (χ4n) is 8.97. The minimum absolute atomic E-state index is 0.0366. The topological polar surface area (TPSA) is 155 Å². The lowest BCUT2D eigenvalue weighted by molar-refractivity contribution is 0.0350. The van der Waals surface area contributed by atoms with E-state index in [1.54, 1.807) is 39.4 Å². The van der Waals surface area contributed by atoms with Gasteiger partial charge in [-0.2, -0.15) is 10.2 Å². The average molecular weight is 742 g/mol. The molecule has 54 heavy (non-hydrogen) atoms. The van der Waals surface area contributed by atoms with Crippen molar-refractivity contribution in [3.05, 3.63) is 65.2 Å². The van der Waals surface area contributed by atoms with E-state index < -0.39 is 12.0 Å². The number of aromatic nitrogens is 10. The second kappa shape index (κ2) is 13.3. The summed E-state index contributed by atoms with van der Waals surface area (Å²) in [5.74, 6) is 1.14. The Labute approximate surface area is 309 Å². The fraction of sp³-hybridized carbons (Fsp3) is 0.514. The van der Waals surface area contributed by atoms with Crippen LogP contribution < -0.4 is 20.8 Å². The van der Waals surface area contributed by atoms with E-state index >= 15 is 0 Å². The summed E-state index contributed by atoms with van der Waals surface area (Å²) in [6.45, 7) is 7.11. The third-order valence-electron chi connectivity index (χ3n) is 12.0. The van der Waals surface area contributed by atoms with Gasteiger partial charge in [-0.3, -0.25) is 9.25 Å². The van der Waals surface area contributed by atoms with Crippen molar-refractivity contribution in [2.24, 2.45) is 13.0 Å². The number of aliphatic hydroxyl groups is 1. The molecule has 9 rings (SSSR count). The number of anilines is 2. The Hall–Kier alpha value is -5.16. The summed E-state index contributed by atoms with van der Waals surface area (Å²) in [6, 6.07) is 8.33. The van der Waals surface area contributed by atoms with Crippen molar-refractivity contribution in [1.82, 2.24) is 54.2 Å². The zero-order valence-electron chi connectivity index (χ0n) is 30.6. The maximum Gasteiger partial charge on any atom is 0.326 e. The minimum atomic E-state index is -2.80. The standard InChI is InChI=1S/C37H45F2N13O2/c1-22-32(49(18-14-40-22)28-6-4-5-26-33(28)47(3)36(53)42-26)23-7-9-24(10-8-23)51-21-29(31(45-51)34(38)39)52-20-27(44-46-52)25-19-41-50-15-11-30(43-35(25)50)48-16-12-37(2,54)13-17-48/h4-6,11,15,19-24,32,34,40,54H,7-10,12-14,16-18H2,1-3H3,(H,42,53)/t22-,23?,24?,32+/m0/s1. The van der Waals surface area contributed by atoms with E-state index in [1.165, 1.54) is 4.68 Å². The van der Waals surface area contributed by atoms with Gasteiger partial charge in [0.25, 0.3) is 6.43 Å². The number of aromatic amines is 1. The van der Waals surface area contributed by atoms with Gasteiger partial charge in [0.1, 0.15) is 17.2 Å². The molecule has 1 saturated carbocycles. The molecular formula is C37H45F2N13O2. The predicted molar refractivity (Wildman–Crippen MR) is 199 cm³/mol. The van der Waals surface area contributed by atoms with Crippen LogP contribution in [0, 0.1) is 5.92 Å². The third kappa shape index (κ3) is 6.02. The summed E-state index contributed by atoms with van der Waals surface area (Å²) >= 11 is 0. The first-order valence-electron chi connectivity index (χ1n) is 18.8. The molecule has 2 atom stereocenters. The van der Waals surface area contributed by atoms with Crippen LogP contribution in [-0.4, -0.2) is 97.9 Å². The van der Waals surface area contributed by atoms with Crippen LogP contribution in [0.2, 0.25) is 0 Å². The van der Waals surface area contributed by atoms with Crippen molar-refractivity contribution in [3.63, 3.8) is 0 Å². The number of alkyl halides is 2. The molecule has 17 heteroatoms. The lowest BCUT2D eigenvalue weighted by Crippen LogP contribution is -2.60. The molecule has 6 aromatic rings. The molecule has 3 N–H and O–H groups in total. The Bertz CT molecular complexity index is 2360. The van der Waals surface area contributed by atoms with Gasteiger partial charge in [0.15, 0.2) is 11.3 Å². The highest BCUT2D eigenvalue weighted by molar-refractivity contribution is 5.89. The van der Waals surface area contributed by atoms with Gasteiger partial charge in [-0.1, -0.05) is 11.3 Å². The molecule has 15 nitrogen and oxygen atoms in total. The molecule has 1 aromatic carbocycles. The van der Waals surface area contributed by atoms with Crippen LogP contribution in [0.4, 0.5) is 20.3 Å². The zero-order chi connectivity index (χ0) is 37.3. The Morgan fingerprint density at radius 2 is 1.83 bits per heavy atom. The number of benzene rings is 1. The van der Waals surface area contributed by atoms with Crippen LogP contribution >= 0.6 is 0 Å². The van der Waals surface area contributed by atoms with Crippen LogP contribution in [0.25, 0.3) is 33.6 Å². The predicted octanol–water partition coefficient (Wildman–Crippen LogP) is 4.24. The number of hydrogen-bond acceptors (Lipinski definition) is 10. The third-order valence-corrected chi connectivity index (χ3v) is 12.0. The summed E-state index contributed by atoms with van der Waals surface area (Å²) in [4.78, 5) is 25.0. The molecule has 284 valence electrons. The van der Waals surface area contributed by atoms with E-state index in [2.05, 4.69) is 53.6 Å². The van der Waals surface area contributed by atoms with E-state index in [1.807, 2.05) is 31.3 Å². The molecule has 3 fully saturated rings. The monoisotopic (exact) mass is 741 g/mol. The molecule has 5 aromatic heterocycles. The van der Waals surface area contributed by atoms with Gasteiger partial charge < -0.3 is 25.2 Å².